The van der Waals surface area contributed by atoms with Crippen LogP contribution < -0.4 is 5.32 Å². The molecule has 1 saturated heterocycles. The lowest BCUT2D eigenvalue weighted by Gasteiger charge is -2.32. The molecular formula is C22H27N5O. The Morgan fingerprint density at radius 3 is 2.54 bits per heavy atom. The number of anilines is 1. The Kier molecular flexibility index (Phi) is 5.41. The Morgan fingerprint density at radius 2 is 1.79 bits per heavy atom. The van der Waals surface area contributed by atoms with Gasteiger partial charge in [-0.05, 0) is 37.4 Å². The van der Waals surface area contributed by atoms with Crippen molar-refractivity contribution in [2.24, 2.45) is 7.05 Å². The Bertz CT molecular complexity index is 958. The molecule has 0 bridgehead atoms. The number of likely N-dealkylation sites (N-methyl/N-ethyl adjacent to an activating group) is 1. The number of fused-ring (bicyclic) bond motifs is 1. The third-order valence-corrected chi connectivity index (χ3v) is 5.51. The van der Waals surface area contributed by atoms with Crippen LogP contribution >= 0.6 is 0 Å². The van der Waals surface area contributed by atoms with Crippen LogP contribution in [0.25, 0.3) is 11.0 Å². The largest absolute Gasteiger partial charge is 0.331 e. The lowest BCUT2D eigenvalue weighted by Crippen LogP contribution is -2.45. The molecule has 146 valence electrons. The van der Waals surface area contributed by atoms with Crippen LogP contribution in [-0.4, -0.2) is 65.0 Å². The number of aromatic nitrogens is 2. The number of rotatable bonds is 5. The molecule has 2 heterocycles. The summed E-state index contributed by atoms with van der Waals surface area (Å²) in [5, 5.41) is 2.97. The van der Waals surface area contributed by atoms with Gasteiger partial charge in [-0.15, -0.1) is 0 Å². The maximum absolute atomic E-state index is 12.4. The monoisotopic (exact) mass is 377 g/mol. The fraction of sp³-hybridized carbons (Fsp3) is 0.364. The molecule has 1 fully saturated rings. The van der Waals surface area contributed by atoms with Crippen LogP contribution in [0.3, 0.4) is 0 Å². The minimum Gasteiger partial charge on any atom is -0.331 e. The maximum Gasteiger partial charge on any atom is 0.255 e. The topological polar surface area (TPSA) is 53.4 Å². The van der Waals surface area contributed by atoms with Gasteiger partial charge in [-0.25, -0.2) is 4.98 Å². The van der Waals surface area contributed by atoms with Crippen molar-refractivity contribution in [2.75, 3.05) is 45.1 Å². The number of hydrogen-bond donors (Lipinski definition) is 1. The molecule has 6 nitrogen and oxygen atoms in total. The average Bonchev–Trinajstić information content (AvgIpc) is 3.03. The number of nitrogens with zero attached hydrogens (tertiary/aromatic N) is 4. The SMILES string of the molecule is CN1CCN(CCc2nc3cc(NC(=O)c4ccccc4)ccc3n2C)CC1. The molecule has 0 radical (unpaired) electrons. The molecule has 1 amide bonds. The van der Waals surface area contributed by atoms with Crippen LogP contribution in [0.1, 0.15) is 16.2 Å². The van der Waals surface area contributed by atoms with Gasteiger partial charge in [-0.1, -0.05) is 18.2 Å². The van der Waals surface area contributed by atoms with Gasteiger partial charge in [0.05, 0.1) is 11.0 Å². The molecule has 0 spiro atoms. The van der Waals surface area contributed by atoms with E-state index >= 15 is 0 Å². The number of carbonyl (C=O) groups is 1. The van der Waals surface area contributed by atoms with Crippen molar-refractivity contribution >= 4 is 22.6 Å². The highest BCUT2D eigenvalue weighted by molar-refractivity contribution is 6.04. The number of imidazole rings is 1. The second-order valence-electron chi connectivity index (χ2n) is 7.51. The van der Waals surface area contributed by atoms with Gasteiger partial charge in [0.25, 0.3) is 5.91 Å². The zero-order valence-electron chi connectivity index (χ0n) is 16.6. The number of hydrogen-bond acceptors (Lipinski definition) is 4. The van der Waals surface area contributed by atoms with Crippen LogP contribution in [0.4, 0.5) is 5.69 Å². The molecule has 28 heavy (non-hydrogen) atoms. The third-order valence-electron chi connectivity index (χ3n) is 5.51. The zero-order valence-corrected chi connectivity index (χ0v) is 16.6. The van der Waals surface area contributed by atoms with E-state index in [-0.39, 0.29) is 5.91 Å². The molecule has 6 heteroatoms. The van der Waals surface area contributed by atoms with Crippen molar-refractivity contribution in [3.05, 3.63) is 59.9 Å². The molecule has 1 N–H and O–H groups in total. The summed E-state index contributed by atoms with van der Waals surface area (Å²) < 4.78 is 2.16. The molecule has 0 saturated carbocycles. The van der Waals surface area contributed by atoms with E-state index in [1.165, 1.54) is 0 Å². The van der Waals surface area contributed by atoms with Crippen LogP contribution in [0.5, 0.6) is 0 Å². The lowest BCUT2D eigenvalue weighted by molar-refractivity contribution is 0.102. The number of benzene rings is 2. The number of carbonyl (C=O) groups excluding carboxylic acids is 1. The van der Waals surface area contributed by atoms with E-state index in [9.17, 15) is 4.79 Å². The van der Waals surface area contributed by atoms with Crippen LogP contribution in [-0.2, 0) is 13.5 Å². The Labute approximate surface area is 165 Å². The Hall–Kier alpha value is -2.70. The fourth-order valence-corrected chi connectivity index (χ4v) is 3.67. The zero-order chi connectivity index (χ0) is 19.5. The predicted octanol–water partition coefficient (Wildman–Crippen LogP) is 2.62. The summed E-state index contributed by atoms with van der Waals surface area (Å²) in [5.41, 5.74) is 3.43. The molecular weight excluding hydrogens is 350 g/mol. The standard InChI is InChI=1S/C22H27N5O/c1-25-12-14-27(15-13-25)11-10-21-24-19-16-18(8-9-20(19)26(21)2)23-22(28)17-6-4-3-5-7-17/h3-9,16H,10-15H2,1-2H3,(H,23,28). The van der Waals surface area contributed by atoms with Crippen LogP contribution in [0.2, 0.25) is 0 Å². The van der Waals surface area contributed by atoms with Gasteiger partial charge >= 0.3 is 0 Å². The molecule has 1 aliphatic heterocycles. The minimum absolute atomic E-state index is 0.105. The molecule has 4 rings (SSSR count). The molecule has 2 aromatic carbocycles. The van der Waals surface area contributed by atoms with Gasteiger partial charge in [0, 0.05) is 57.4 Å². The van der Waals surface area contributed by atoms with Crippen molar-refractivity contribution in [3.63, 3.8) is 0 Å². The van der Waals surface area contributed by atoms with Crippen molar-refractivity contribution < 1.29 is 4.79 Å². The van der Waals surface area contributed by atoms with Gasteiger partial charge in [-0.3, -0.25) is 4.79 Å². The Balaban J connectivity index is 1.45. The Morgan fingerprint density at radius 1 is 1.04 bits per heavy atom. The summed E-state index contributed by atoms with van der Waals surface area (Å²) in [7, 11) is 4.24. The second-order valence-corrected chi connectivity index (χ2v) is 7.51. The summed E-state index contributed by atoms with van der Waals surface area (Å²) in [6.07, 6.45) is 0.931. The van der Waals surface area contributed by atoms with E-state index in [4.69, 9.17) is 4.98 Å². The summed E-state index contributed by atoms with van der Waals surface area (Å²) >= 11 is 0. The van der Waals surface area contributed by atoms with E-state index in [2.05, 4.69) is 33.8 Å². The van der Waals surface area contributed by atoms with Crippen molar-refractivity contribution in [1.82, 2.24) is 19.4 Å². The van der Waals surface area contributed by atoms with E-state index in [0.717, 1.165) is 61.7 Å². The summed E-state index contributed by atoms with van der Waals surface area (Å²) in [4.78, 5) is 22.1. The first-order valence-corrected chi connectivity index (χ1v) is 9.83. The quantitative estimate of drug-likeness (QED) is 0.743. The van der Waals surface area contributed by atoms with Crippen molar-refractivity contribution in [3.8, 4) is 0 Å². The molecule has 1 aliphatic rings. The maximum atomic E-state index is 12.4. The van der Waals surface area contributed by atoms with E-state index in [0.29, 0.717) is 5.56 Å². The van der Waals surface area contributed by atoms with Crippen molar-refractivity contribution in [2.45, 2.75) is 6.42 Å². The summed E-state index contributed by atoms with van der Waals surface area (Å²) in [5.74, 6) is 0.978. The third kappa shape index (κ3) is 4.08. The minimum atomic E-state index is -0.105. The van der Waals surface area contributed by atoms with Gasteiger partial charge in [0.15, 0.2) is 0 Å². The average molecular weight is 377 g/mol. The first-order valence-electron chi connectivity index (χ1n) is 9.83. The molecule has 0 atom stereocenters. The summed E-state index contributed by atoms with van der Waals surface area (Å²) in [6, 6.07) is 15.2. The first-order chi connectivity index (χ1) is 13.6. The second kappa shape index (κ2) is 8.12. The van der Waals surface area contributed by atoms with Crippen LogP contribution in [0, 0.1) is 0 Å². The first kappa shape index (κ1) is 18.7. The van der Waals surface area contributed by atoms with E-state index in [1.54, 1.807) is 0 Å². The molecule has 1 aromatic heterocycles. The van der Waals surface area contributed by atoms with Gasteiger partial charge in [-0.2, -0.15) is 0 Å². The number of amides is 1. The van der Waals surface area contributed by atoms with Crippen molar-refractivity contribution in [1.29, 1.82) is 0 Å². The lowest BCUT2D eigenvalue weighted by atomic mass is 10.2. The summed E-state index contributed by atoms with van der Waals surface area (Å²) in [6.45, 7) is 5.54. The fourth-order valence-electron chi connectivity index (χ4n) is 3.67. The highest BCUT2D eigenvalue weighted by atomic mass is 16.1. The highest BCUT2D eigenvalue weighted by Crippen LogP contribution is 2.21. The number of aryl methyl sites for hydroxylation is 1. The van der Waals surface area contributed by atoms with Gasteiger partial charge in [0.2, 0.25) is 0 Å². The molecule has 3 aromatic rings. The van der Waals surface area contributed by atoms with Gasteiger partial charge in [0.1, 0.15) is 5.82 Å². The normalized spacial score (nSPS) is 15.8. The van der Waals surface area contributed by atoms with Crippen LogP contribution in [0.15, 0.2) is 48.5 Å². The predicted molar refractivity (Wildman–Crippen MR) is 113 cm³/mol. The smallest absolute Gasteiger partial charge is 0.255 e. The highest BCUT2D eigenvalue weighted by Gasteiger charge is 2.15. The molecule has 0 unspecified atom stereocenters. The van der Waals surface area contributed by atoms with E-state index < -0.39 is 0 Å². The van der Waals surface area contributed by atoms with E-state index in [1.807, 2.05) is 48.5 Å². The van der Waals surface area contributed by atoms with Gasteiger partial charge < -0.3 is 19.7 Å². The number of nitrogens with one attached hydrogen (secondary N) is 1. The molecule has 0 aliphatic carbocycles. The number of piperazine rings is 1.